The minimum Gasteiger partial charge on any atom is -0.480 e. The quantitative estimate of drug-likeness (QED) is 0.801. The van der Waals surface area contributed by atoms with Crippen LogP contribution in [0.1, 0.15) is 19.4 Å². The van der Waals surface area contributed by atoms with E-state index in [4.69, 9.17) is 5.11 Å². The standard InChI is InChI=1S/C14H16FNO3/c1-9(2)13(14(18)19)16-12(17)8-7-10-5-3-4-6-11(10)15/h3-9,13H,1-2H3,(H,16,17)(H,18,19)/b8-7+. The molecule has 0 fully saturated rings. The molecule has 0 spiro atoms. The highest BCUT2D eigenvalue weighted by atomic mass is 19.1. The molecule has 102 valence electrons. The first-order valence-corrected chi connectivity index (χ1v) is 5.87. The zero-order valence-corrected chi connectivity index (χ0v) is 10.8. The van der Waals surface area contributed by atoms with Crippen LogP contribution in [0.25, 0.3) is 6.08 Å². The Morgan fingerprint density at radius 2 is 1.95 bits per heavy atom. The maximum absolute atomic E-state index is 13.3. The fourth-order valence-corrected chi connectivity index (χ4v) is 1.49. The molecule has 1 aromatic carbocycles. The molecule has 19 heavy (non-hydrogen) atoms. The van der Waals surface area contributed by atoms with Crippen molar-refractivity contribution < 1.29 is 19.1 Å². The van der Waals surface area contributed by atoms with Gasteiger partial charge in [0.1, 0.15) is 11.9 Å². The third-order valence-corrected chi connectivity index (χ3v) is 2.55. The Morgan fingerprint density at radius 3 is 2.47 bits per heavy atom. The van der Waals surface area contributed by atoms with Crippen LogP contribution in [0, 0.1) is 11.7 Å². The van der Waals surface area contributed by atoms with Crippen molar-refractivity contribution in [1.82, 2.24) is 5.32 Å². The molecule has 0 heterocycles. The summed E-state index contributed by atoms with van der Waals surface area (Å²) in [6, 6.07) is 5.04. The van der Waals surface area contributed by atoms with Crippen molar-refractivity contribution in [2.45, 2.75) is 19.9 Å². The molecule has 0 aromatic heterocycles. The summed E-state index contributed by atoms with van der Waals surface area (Å²) in [5, 5.41) is 11.3. The molecule has 0 saturated heterocycles. The zero-order valence-electron chi connectivity index (χ0n) is 10.8. The molecule has 0 aliphatic heterocycles. The SMILES string of the molecule is CC(C)C(NC(=O)/C=C/c1ccccc1F)C(=O)O. The Morgan fingerprint density at radius 1 is 1.32 bits per heavy atom. The van der Waals surface area contributed by atoms with Crippen LogP contribution in [0.3, 0.4) is 0 Å². The third-order valence-electron chi connectivity index (χ3n) is 2.55. The molecule has 1 atom stereocenters. The first-order valence-electron chi connectivity index (χ1n) is 5.87. The minimum absolute atomic E-state index is 0.233. The van der Waals surface area contributed by atoms with Gasteiger partial charge in [-0.05, 0) is 18.1 Å². The van der Waals surface area contributed by atoms with Crippen LogP contribution >= 0.6 is 0 Å². The summed E-state index contributed by atoms with van der Waals surface area (Å²) in [4.78, 5) is 22.5. The number of carbonyl (C=O) groups is 2. The lowest BCUT2D eigenvalue weighted by Crippen LogP contribution is -2.43. The molecule has 4 nitrogen and oxygen atoms in total. The largest absolute Gasteiger partial charge is 0.480 e. The van der Waals surface area contributed by atoms with Gasteiger partial charge in [0.25, 0.3) is 0 Å². The molecular formula is C14H16FNO3. The molecule has 0 saturated carbocycles. The van der Waals surface area contributed by atoms with E-state index in [0.29, 0.717) is 0 Å². The highest BCUT2D eigenvalue weighted by molar-refractivity contribution is 5.94. The monoisotopic (exact) mass is 265 g/mol. The van der Waals surface area contributed by atoms with Crippen molar-refractivity contribution in [2.75, 3.05) is 0 Å². The van der Waals surface area contributed by atoms with Crippen molar-refractivity contribution in [3.05, 3.63) is 41.7 Å². The second-order valence-corrected chi connectivity index (χ2v) is 4.42. The molecule has 1 rings (SSSR count). The van der Waals surface area contributed by atoms with E-state index in [-0.39, 0.29) is 11.5 Å². The average molecular weight is 265 g/mol. The lowest BCUT2D eigenvalue weighted by molar-refractivity contribution is -0.142. The van der Waals surface area contributed by atoms with Crippen LogP contribution < -0.4 is 5.32 Å². The van der Waals surface area contributed by atoms with Crippen molar-refractivity contribution in [3.63, 3.8) is 0 Å². The number of hydrogen-bond donors (Lipinski definition) is 2. The third kappa shape index (κ3) is 4.54. The number of amides is 1. The van der Waals surface area contributed by atoms with Gasteiger partial charge in [-0.3, -0.25) is 4.79 Å². The Balaban J connectivity index is 2.70. The number of carboxylic acid groups (broad SMARTS) is 1. The fraction of sp³-hybridized carbons (Fsp3) is 0.286. The van der Waals surface area contributed by atoms with Gasteiger partial charge >= 0.3 is 5.97 Å². The molecule has 0 aliphatic rings. The number of carboxylic acids is 1. The first kappa shape index (κ1) is 14.9. The second-order valence-electron chi connectivity index (χ2n) is 4.42. The lowest BCUT2D eigenvalue weighted by Gasteiger charge is -2.16. The molecule has 1 amide bonds. The van der Waals surface area contributed by atoms with Gasteiger partial charge in [-0.1, -0.05) is 32.0 Å². The Kier molecular flexibility index (Phi) is 5.23. The minimum atomic E-state index is -1.09. The van der Waals surface area contributed by atoms with Crippen molar-refractivity contribution in [1.29, 1.82) is 0 Å². The number of benzene rings is 1. The van der Waals surface area contributed by atoms with Crippen LogP contribution in [0.15, 0.2) is 30.3 Å². The number of nitrogens with one attached hydrogen (secondary N) is 1. The normalized spacial score (nSPS) is 12.6. The Labute approximate surface area is 110 Å². The van der Waals surface area contributed by atoms with Gasteiger partial charge in [0, 0.05) is 11.6 Å². The topological polar surface area (TPSA) is 66.4 Å². The molecule has 1 unspecified atom stereocenters. The summed E-state index contributed by atoms with van der Waals surface area (Å²) in [5.74, 6) is -2.33. The summed E-state index contributed by atoms with van der Waals surface area (Å²) in [7, 11) is 0. The van der Waals surface area contributed by atoms with E-state index in [2.05, 4.69) is 5.32 Å². The molecule has 0 bridgehead atoms. The highest BCUT2D eigenvalue weighted by Gasteiger charge is 2.22. The highest BCUT2D eigenvalue weighted by Crippen LogP contribution is 2.08. The van der Waals surface area contributed by atoms with E-state index in [1.54, 1.807) is 26.0 Å². The first-order chi connectivity index (χ1) is 8.91. The summed E-state index contributed by atoms with van der Waals surface area (Å²) < 4.78 is 13.3. The number of hydrogen-bond acceptors (Lipinski definition) is 2. The van der Waals surface area contributed by atoms with Gasteiger partial charge in [0.15, 0.2) is 0 Å². The van der Waals surface area contributed by atoms with Gasteiger partial charge in [-0.25, -0.2) is 9.18 Å². The summed E-state index contributed by atoms with van der Waals surface area (Å²) in [6.07, 6.45) is 2.43. The lowest BCUT2D eigenvalue weighted by atomic mass is 10.0. The predicted octanol–water partition coefficient (Wildman–Crippen LogP) is 2.06. The van der Waals surface area contributed by atoms with Gasteiger partial charge < -0.3 is 10.4 Å². The van der Waals surface area contributed by atoms with Gasteiger partial charge in [0.2, 0.25) is 5.91 Å². The summed E-state index contributed by atoms with van der Waals surface area (Å²) in [5.41, 5.74) is 0.272. The molecule has 0 radical (unpaired) electrons. The molecule has 1 aromatic rings. The van der Waals surface area contributed by atoms with Gasteiger partial charge in [0.05, 0.1) is 0 Å². The summed E-state index contributed by atoms with van der Waals surface area (Å²) in [6.45, 7) is 3.39. The maximum Gasteiger partial charge on any atom is 0.326 e. The second kappa shape index (κ2) is 6.68. The predicted molar refractivity (Wildman–Crippen MR) is 69.8 cm³/mol. The van der Waals surface area contributed by atoms with Crippen molar-refractivity contribution in [2.24, 2.45) is 5.92 Å². The van der Waals surface area contributed by atoms with Gasteiger partial charge in [-0.15, -0.1) is 0 Å². The van der Waals surface area contributed by atoms with E-state index in [1.807, 2.05) is 0 Å². The van der Waals surface area contributed by atoms with Crippen LogP contribution in [-0.2, 0) is 9.59 Å². The summed E-state index contributed by atoms with van der Waals surface area (Å²) >= 11 is 0. The van der Waals surface area contributed by atoms with Crippen LogP contribution in [0.2, 0.25) is 0 Å². The fourth-order valence-electron chi connectivity index (χ4n) is 1.49. The Hall–Kier alpha value is -2.17. The Bertz CT molecular complexity index is 497. The molecule has 5 heteroatoms. The van der Waals surface area contributed by atoms with Crippen LogP contribution in [0.5, 0.6) is 0 Å². The average Bonchev–Trinajstić information content (AvgIpc) is 2.34. The van der Waals surface area contributed by atoms with Crippen molar-refractivity contribution in [3.8, 4) is 0 Å². The van der Waals surface area contributed by atoms with Crippen molar-refractivity contribution >= 4 is 18.0 Å². The van der Waals surface area contributed by atoms with E-state index >= 15 is 0 Å². The molecule has 0 aliphatic carbocycles. The zero-order chi connectivity index (χ0) is 14.4. The van der Waals surface area contributed by atoms with E-state index in [0.717, 1.165) is 6.08 Å². The maximum atomic E-state index is 13.3. The van der Waals surface area contributed by atoms with E-state index in [1.165, 1.54) is 18.2 Å². The van der Waals surface area contributed by atoms with Crippen LogP contribution in [-0.4, -0.2) is 23.0 Å². The number of rotatable bonds is 5. The smallest absolute Gasteiger partial charge is 0.326 e. The van der Waals surface area contributed by atoms with E-state index < -0.39 is 23.7 Å². The molecule has 2 N–H and O–H groups in total. The van der Waals surface area contributed by atoms with Crippen LogP contribution in [0.4, 0.5) is 4.39 Å². The number of carbonyl (C=O) groups excluding carboxylic acids is 1. The van der Waals surface area contributed by atoms with E-state index in [9.17, 15) is 14.0 Å². The molecular weight excluding hydrogens is 249 g/mol. The number of aliphatic carboxylic acids is 1. The van der Waals surface area contributed by atoms with Gasteiger partial charge in [-0.2, -0.15) is 0 Å². The number of halogens is 1.